The van der Waals surface area contributed by atoms with Crippen molar-refractivity contribution >= 4 is 6.03 Å². The molecule has 168 valence electrons. The van der Waals surface area contributed by atoms with Crippen LogP contribution in [0.3, 0.4) is 0 Å². The predicted octanol–water partition coefficient (Wildman–Crippen LogP) is 5.01. The van der Waals surface area contributed by atoms with E-state index < -0.39 is 17.8 Å². The second-order valence-corrected chi connectivity index (χ2v) is 8.58. The molecule has 0 radical (unpaired) electrons. The third-order valence-corrected chi connectivity index (χ3v) is 4.91. The van der Waals surface area contributed by atoms with Gasteiger partial charge < -0.3 is 19.7 Å². The number of carbonyl (C=O) groups excluding carboxylic acids is 1. The molecule has 1 N–H and O–H groups in total. The molecule has 5 nitrogen and oxygen atoms in total. The van der Waals surface area contributed by atoms with Crippen LogP contribution in [0.2, 0.25) is 0 Å². The van der Waals surface area contributed by atoms with Crippen LogP contribution in [-0.4, -0.2) is 42.8 Å². The van der Waals surface area contributed by atoms with E-state index in [1.54, 1.807) is 35.2 Å². The molecular weight excluding hydrogens is 409 g/mol. The summed E-state index contributed by atoms with van der Waals surface area (Å²) in [5, 5.41) is 2.87. The molecule has 2 aromatic carbocycles. The zero-order valence-electron chi connectivity index (χ0n) is 18.0. The minimum atomic E-state index is -4.51. The van der Waals surface area contributed by atoms with Crippen molar-refractivity contribution in [1.29, 1.82) is 0 Å². The molecule has 0 saturated carbocycles. The van der Waals surface area contributed by atoms with Crippen molar-refractivity contribution < 1.29 is 27.4 Å². The molecule has 31 heavy (non-hydrogen) atoms. The van der Waals surface area contributed by atoms with Crippen molar-refractivity contribution in [2.24, 2.45) is 0 Å². The van der Waals surface area contributed by atoms with Crippen molar-refractivity contribution in [3.63, 3.8) is 0 Å². The number of hydrogen-bond donors (Lipinski definition) is 1. The zero-order valence-corrected chi connectivity index (χ0v) is 18.0. The Balaban J connectivity index is 1.83. The SMILES string of the molecule is COc1ccc(C(OC2CN(C(=O)NC(C)(C)C)C2)c2ccccc2C(F)(F)F)cc1. The summed E-state index contributed by atoms with van der Waals surface area (Å²) in [6.45, 7) is 6.26. The normalized spacial score (nSPS) is 15.9. The van der Waals surface area contributed by atoms with Gasteiger partial charge in [0.2, 0.25) is 0 Å². The molecule has 0 aliphatic carbocycles. The summed E-state index contributed by atoms with van der Waals surface area (Å²) in [5.41, 5.74) is -0.495. The Kier molecular flexibility index (Phi) is 6.50. The monoisotopic (exact) mass is 436 g/mol. The Labute approximate surface area is 180 Å². The number of carbonyl (C=O) groups is 1. The number of halogens is 3. The van der Waals surface area contributed by atoms with E-state index >= 15 is 0 Å². The third-order valence-electron chi connectivity index (χ3n) is 4.91. The summed E-state index contributed by atoms with van der Waals surface area (Å²) >= 11 is 0. The van der Waals surface area contributed by atoms with Crippen molar-refractivity contribution in [3.8, 4) is 5.75 Å². The number of rotatable bonds is 5. The first-order chi connectivity index (χ1) is 14.5. The van der Waals surface area contributed by atoms with Gasteiger partial charge in [0, 0.05) is 5.54 Å². The van der Waals surface area contributed by atoms with Crippen molar-refractivity contribution in [1.82, 2.24) is 10.2 Å². The summed E-state index contributed by atoms with van der Waals surface area (Å²) < 4.78 is 52.3. The molecule has 1 fully saturated rings. The number of nitrogens with one attached hydrogen (secondary N) is 1. The van der Waals surface area contributed by atoms with E-state index in [0.29, 0.717) is 24.4 Å². The van der Waals surface area contributed by atoms with Crippen LogP contribution >= 0.6 is 0 Å². The molecule has 1 heterocycles. The molecule has 3 rings (SSSR count). The highest BCUT2D eigenvalue weighted by atomic mass is 19.4. The number of benzene rings is 2. The maximum Gasteiger partial charge on any atom is 0.416 e. The summed E-state index contributed by atoms with van der Waals surface area (Å²) in [5.74, 6) is 0.597. The number of methoxy groups -OCH3 is 1. The average Bonchev–Trinajstić information content (AvgIpc) is 2.65. The van der Waals surface area contributed by atoms with E-state index in [1.165, 1.54) is 19.2 Å². The first kappa shape index (κ1) is 22.9. The van der Waals surface area contributed by atoms with Crippen LogP contribution in [0, 0.1) is 0 Å². The Morgan fingerprint density at radius 2 is 1.68 bits per heavy atom. The van der Waals surface area contributed by atoms with Gasteiger partial charge in [-0.05, 0) is 50.1 Å². The van der Waals surface area contributed by atoms with Crippen LogP contribution in [0.25, 0.3) is 0 Å². The van der Waals surface area contributed by atoms with Gasteiger partial charge in [-0.1, -0.05) is 30.3 Å². The topological polar surface area (TPSA) is 50.8 Å². The van der Waals surface area contributed by atoms with Crippen LogP contribution < -0.4 is 10.1 Å². The van der Waals surface area contributed by atoms with Crippen LogP contribution in [0.4, 0.5) is 18.0 Å². The van der Waals surface area contributed by atoms with E-state index in [9.17, 15) is 18.0 Å². The van der Waals surface area contributed by atoms with E-state index in [4.69, 9.17) is 9.47 Å². The molecule has 0 bridgehead atoms. The summed E-state index contributed by atoms with van der Waals surface area (Å²) in [7, 11) is 1.52. The van der Waals surface area contributed by atoms with Crippen LogP contribution in [0.1, 0.15) is 43.6 Å². The van der Waals surface area contributed by atoms with Crippen LogP contribution in [0.15, 0.2) is 48.5 Å². The molecule has 1 saturated heterocycles. The lowest BCUT2D eigenvalue weighted by Crippen LogP contribution is -2.60. The van der Waals surface area contributed by atoms with E-state index in [-0.39, 0.29) is 23.2 Å². The van der Waals surface area contributed by atoms with Crippen LogP contribution in [0.5, 0.6) is 5.75 Å². The van der Waals surface area contributed by atoms with Gasteiger partial charge in [-0.3, -0.25) is 0 Å². The maximum atomic E-state index is 13.7. The predicted molar refractivity (Wildman–Crippen MR) is 111 cm³/mol. The Morgan fingerprint density at radius 3 is 2.23 bits per heavy atom. The molecule has 1 aliphatic heterocycles. The molecule has 1 aliphatic rings. The largest absolute Gasteiger partial charge is 0.497 e. The number of alkyl halides is 3. The van der Waals surface area contributed by atoms with Gasteiger partial charge in [-0.15, -0.1) is 0 Å². The maximum absolute atomic E-state index is 13.7. The lowest BCUT2D eigenvalue weighted by Gasteiger charge is -2.42. The summed E-state index contributed by atoms with van der Waals surface area (Å²) in [6, 6.07) is 12.0. The number of likely N-dealkylation sites (tertiary alicyclic amines) is 1. The third kappa shape index (κ3) is 5.70. The zero-order chi connectivity index (χ0) is 22.8. The van der Waals surface area contributed by atoms with Crippen molar-refractivity contribution in [2.45, 2.75) is 44.7 Å². The second-order valence-electron chi connectivity index (χ2n) is 8.58. The number of urea groups is 1. The lowest BCUT2D eigenvalue weighted by molar-refractivity contribution is -0.140. The summed E-state index contributed by atoms with van der Waals surface area (Å²) in [4.78, 5) is 13.8. The summed E-state index contributed by atoms with van der Waals surface area (Å²) in [6.07, 6.45) is -5.82. The van der Waals surface area contributed by atoms with Crippen molar-refractivity contribution in [3.05, 3.63) is 65.2 Å². The first-order valence-corrected chi connectivity index (χ1v) is 10.0. The number of nitrogens with zero attached hydrogens (tertiary/aromatic N) is 1. The molecule has 0 aromatic heterocycles. The van der Waals surface area contributed by atoms with Gasteiger partial charge in [-0.25, -0.2) is 4.79 Å². The number of amides is 2. The second kappa shape index (κ2) is 8.78. The Morgan fingerprint density at radius 1 is 1.06 bits per heavy atom. The quantitative estimate of drug-likeness (QED) is 0.717. The van der Waals surface area contributed by atoms with Gasteiger partial charge in [0.1, 0.15) is 11.9 Å². The average molecular weight is 436 g/mol. The molecule has 2 aromatic rings. The van der Waals surface area contributed by atoms with Crippen molar-refractivity contribution in [2.75, 3.05) is 20.2 Å². The van der Waals surface area contributed by atoms with Gasteiger partial charge in [-0.2, -0.15) is 13.2 Å². The smallest absolute Gasteiger partial charge is 0.416 e. The minimum absolute atomic E-state index is 0.0396. The van der Waals surface area contributed by atoms with E-state index in [0.717, 1.165) is 6.07 Å². The highest BCUT2D eigenvalue weighted by Gasteiger charge is 2.39. The fourth-order valence-electron chi connectivity index (χ4n) is 3.38. The highest BCUT2D eigenvalue weighted by Crippen LogP contribution is 2.39. The molecule has 0 spiro atoms. The van der Waals surface area contributed by atoms with Crippen LogP contribution in [-0.2, 0) is 10.9 Å². The Bertz CT molecular complexity index is 902. The molecule has 2 amide bonds. The minimum Gasteiger partial charge on any atom is -0.497 e. The lowest BCUT2D eigenvalue weighted by atomic mass is 9.95. The van der Waals surface area contributed by atoms with E-state index in [1.807, 2.05) is 20.8 Å². The fourth-order valence-corrected chi connectivity index (χ4v) is 3.38. The fraction of sp³-hybridized carbons (Fsp3) is 0.435. The van der Waals surface area contributed by atoms with Gasteiger partial charge in [0.25, 0.3) is 0 Å². The molecule has 1 atom stereocenters. The number of hydrogen-bond acceptors (Lipinski definition) is 3. The highest BCUT2D eigenvalue weighted by molar-refractivity contribution is 5.75. The molecular formula is C23H27F3N2O3. The Hall–Kier alpha value is -2.74. The standard InChI is InChI=1S/C23H27F3N2O3/c1-22(2,3)27-21(29)28-13-17(14-28)31-20(15-9-11-16(30-4)12-10-15)18-7-5-6-8-19(18)23(24,25)26/h5-12,17,20H,13-14H2,1-4H3,(H,27,29). The molecule has 8 heteroatoms. The number of ether oxygens (including phenoxy) is 2. The van der Waals surface area contributed by atoms with E-state index in [2.05, 4.69) is 5.32 Å². The van der Waals surface area contributed by atoms with Gasteiger partial charge in [0.15, 0.2) is 0 Å². The molecule has 1 unspecified atom stereocenters. The van der Waals surface area contributed by atoms with Gasteiger partial charge in [0.05, 0.1) is 31.9 Å². The van der Waals surface area contributed by atoms with Gasteiger partial charge >= 0.3 is 12.2 Å². The first-order valence-electron chi connectivity index (χ1n) is 10.0.